The fraction of sp³-hybridized carbons (Fsp3) is 0.647. The Hall–Kier alpha value is -0.900. The summed E-state index contributed by atoms with van der Waals surface area (Å²) in [5.41, 5.74) is 7.54. The monoisotopic (exact) mass is 273 g/mol. The average molecular weight is 273 g/mol. The Labute approximate surface area is 122 Å². The van der Waals surface area contributed by atoms with Crippen LogP contribution in [0.5, 0.6) is 0 Å². The summed E-state index contributed by atoms with van der Waals surface area (Å²) in [4.78, 5) is 5.26. The second-order valence-electron chi connectivity index (χ2n) is 6.67. The number of nitrogens with zero attached hydrogens (tertiary/aromatic N) is 2. The van der Waals surface area contributed by atoms with Crippen molar-refractivity contribution < 1.29 is 0 Å². The summed E-state index contributed by atoms with van der Waals surface area (Å²) in [5, 5.41) is 0. The quantitative estimate of drug-likeness (QED) is 0.886. The van der Waals surface area contributed by atoms with Crippen LogP contribution < -0.4 is 5.73 Å². The number of nitrogens with two attached hydrogens (primary N) is 1. The van der Waals surface area contributed by atoms with E-state index in [-0.39, 0.29) is 5.41 Å². The molecule has 1 aromatic carbocycles. The molecule has 1 aliphatic heterocycles. The fourth-order valence-electron chi connectivity index (χ4n) is 3.33. The van der Waals surface area contributed by atoms with E-state index in [9.17, 15) is 0 Å². The zero-order chi connectivity index (χ0) is 14.0. The van der Waals surface area contributed by atoms with Gasteiger partial charge in [0.05, 0.1) is 0 Å². The van der Waals surface area contributed by atoms with E-state index in [0.29, 0.717) is 6.54 Å². The number of hydrogen-bond acceptors (Lipinski definition) is 3. The molecule has 0 radical (unpaired) electrons. The lowest BCUT2D eigenvalue weighted by Crippen LogP contribution is -2.52. The molecule has 0 aromatic heterocycles. The van der Waals surface area contributed by atoms with Crippen LogP contribution in [0, 0.1) is 0 Å². The highest BCUT2D eigenvalue weighted by Crippen LogP contribution is 2.29. The number of rotatable bonds is 5. The van der Waals surface area contributed by atoms with Gasteiger partial charge in [0.15, 0.2) is 0 Å². The van der Waals surface area contributed by atoms with Crippen LogP contribution in [0.25, 0.3) is 0 Å². The molecule has 2 aliphatic rings. The van der Waals surface area contributed by atoms with Crippen molar-refractivity contribution in [3.63, 3.8) is 0 Å². The lowest BCUT2D eigenvalue weighted by atomic mass is 9.82. The molecule has 110 valence electrons. The van der Waals surface area contributed by atoms with Crippen LogP contribution in [0.15, 0.2) is 30.3 Å². The third kappa shape index (κ3) is 3.05. The molecule has 3 rings (SSSR count). The molecule has 1 saturated carbocycles. The van der Waals surface area contributed by atoms with Gasteiger partial charge in [0.25, 0.3) is 0 Å². The summed E-state index contributed by atoms with van der Waals surface area (Å²) in [5.74, 6) is 0. The highest BCUT2D eigenvalue weighted by atomic mass is 15.3. The molecule has 1 unspecified atom stereocenters. The van der Waals surface area contributed by atoms with Gasteiger partial charge in [-0.05, 0) is 18.4 Å². The molecule has 3 heteroatoms. The molecule has 2 fully saturated rings. The second kappa shape index (κ2) is 5.84. The van der Waals surface area contributed by atoms with Crippen LogP contribution in [0.4, 0.5) is 0 Å². The van der Waals surface area contributed by atoms with Gasteiger partial charge in [0.1, 0.15) is 0 Å². The van der Waals surface area contributed by atoms with E-state index in [1.807, 2.05) is 0 Å². The lowest BCUT2D eigenvalue weighted by Gasteiger charge is -2.40. The Balaban J connectivity index is 1.60. The van der Waals surface area contributed by atoms with Crippen LogP contribution in [0.3, 0.4) is 0 Å². The third-order valence-electron chi connectivity index (χ3n) is 4.96. The summed E-state index contributed by atoms with van der Waals surface area (Å²) in [7, 11) is 0. The van der Waals surface area contributed by atoms with Gasteiger partial charge >= 0.3 is 0 Å². The van der Waals surface area contributed by atoms with Crippen molar-refractivity contribution in [3.8, 4) is 0 Å². The minimum absolute atomic E-state index is 0.0724. The van der Waals surface area contributed by atoms with Crippen LogP contribution >= 0.6 is 0 Å². The summed E-state index contributed by atoms with van der Waals surface area (Å²) in [6.07, 6.45) is 2.84. The molecule has 1 heterocycles. The zero-order valence-electron chi connectivity index (χ0n) is 12.6. The van der Waals surface area contributed by atoms with E-state index in [2.05, 4.69) is 47.1 Å². The maximum Gasteiger partial charge on any atom is 0.0174 e. The Morgan fingerprint density at radius 1 is 1.10 bits per heavy atom. The van der Waals surface area contributed by atoms with E-state index in [4.69, 9.17) is 5.73 Å². The predicted molar refractivity (Wildman–Crippen MR) is 83.9 cm³/mol. The third-order valence-corrected chi connectivity index (χ3v) is 4.96. The molecular formula is C17H27N3. The smallest absolute Gasteiger partial charge is 0.0174 e. The van der Waals surface area contributed by atoms with Crippen molar-refractivity contribution in [2.24, 2.45) is 5.73 Å². The normalized spacial score (nSPS) is 24.5. The fourth-order valence-corrected chi connectivity index (χ4v) is 3.33. The second-order valence-corrected chi connectivity index (χ2v) is 6.67. The maximum atomic E-state index is 6.10. The summed E-state index contributed by atoms with van der Waals surface area (Å²) in [6, 6.07) is 11.7. The minimum Gasteiger partial charge on any atom is -0.330 e. The Morgan fingerprint density at radius 3 is 2.30 bits per heavy atom. The van der Waals surface area contributed by atoms with Gasteiger partial charge in [-0.25, -0.2) is 0 Å². The molecular weight excluding hydrogens is 246 g/mol. The first kappa shape index (κ1) is 14.1. The molecule has 1 saturated heterocycles. The average Bonchev–Trinajstić information content (AvgIpc) is 3.33. The van der Waals surface area contributed by atoms with Crippen molar-refractivity contribution >= 4 is 0 Å². The first-order valence-corrected chi connectivity index (χ1v) is 7.93. The van der Waals surface area contributed by atoms with Gasteiger partial charge in [-0.3, -0.25) is 9.80 Å². The molecule has 0 spiro atoms. The summed E-state index contributed by atoms with van der Waals surface area (Å²) < 4.78 is 0. The highest BCUT2D eigenvalue weighted by Gasteiger charge is 2.33. The van der Waals surface area contributed by atoms with Crippen LogP contribution in [-0.2, 0) is 5.41 Å². The predicted octanol–water partition coefficient (Wildman–Crippen LogP) is 1.68. The van der Waals surface area contributed by atoms with Gasteiger partial charge in [-0.2, -0.15) is 0 Å². The molecule has 1 aromatic rings. The van der Waals surface area contributed by atoms with Gasteiger partial charge in [0.2, 0.25) is 0 Å². The standard InChI is InChI=1S/C17H27N3/c1-17(13-18,15-5-3-2-4-6-15)14-19-9-11-20(12-10-19)16-7-8-16/h2-6,16H,7-14,18H2,1H3. The van der Waals surface area contributed by atoms with Crippen molar-refractivity contribution in [1.82, 2.24) is 9.80 Å². The van der Waals surface area contributed by atoms with E-state index in [0.717, 1.165) is 12.6 Å². The Morgan fingerprint density at radius 2 is 1.75 bits per heavy atom. The number of hydrogen-bond donors (Lipinski definition) is 1. The number of piperazine rings is 1. The maximum absolute atomic E-state index is 6.10. The van der Waals surface area contributed by atoms with Crippen LogP contribution in [0.1, 0.15) is 25.3 Å². The molecule has 3 nitrogen and oxygen atoms in total. The van der Waals surface area contributed by atoms with Gasteiger partial charge < -0.3 is 5.73 Å². The lowest BCUT2D eigenvalue weighted by molar-refractivity contribution is 0.108. The first-order chi connectivity index (χ1) is 9.71. The Bertz CT molecular complexity index is 421. The van der Waals surface area contributed by atoms with Crippen molar-refractivity contribution in [3.05, 3.63) is 35.9 Å². The van der Waals surface area contributed by atoms with Crippen molar-refractivity contribution in [2.45, 2.75) is 31.2 Å². The molecule has 0 amide bonds. The van der Waals surface area contributed by atoms with Crippen LogP contribution in [-0.4, -0.2) is 55.1 Å². The van der Waals surface area contributed by atoms with E-state index >= 15 is 0 Å². The van der Waals surface area contributed by atoms with E-state index < -0.39 is 0 Å². The SMILES string of the molecule is CC(CN)(CN1CCN(C2CC2)CC1)c1ccccc1. The summed E-state index contributed by atoms with van der Waals surface area (Å²) >= 11 is 0. The Kier molecular flexibility index (Phi) is 4.11. The van der Waals surface area contributed by atoms with Gasteiger partial charge in [-0.1, -0.05) is 37.3 Å². The topological polar surface area (TPSA) is 32.5 Å². The van der Waals surface area contributed by atoms with Crippen molar-refractivity contribution in [1.29, 1.82) is 0 Å². The molecule has 0 bridgehead atoms. The molecule has 1 atom stereocenters. The molecule has 1 aliphatic carbocycles. The minimum atomic E-state index is 0.0724. The van der Waals surface area contributed by atoms with Gasteiger partial charge in [0, 0.05) is 50.7 Å². The zero-order valence-corrected chi connectivity index (χ0v) is 12.6. The largest absolute Gasteiger partial charge is 0.330 e. The summed E-state index contributed by atoms with van der Waals surface area (Å²) in [6.45, 7) is 8.94. The first-order valence-electron chi connectivity index (χ1n) is 7.93. The van der Waals surface area contributed by atoms with Crippen LogP contribution in [0.2, 0.25) is 0 Å². The number of benzene rings is 1. The van der Waals surface area contributed by atoms with E-state index in [1.54, 1.807) is 0 Å². The molecule has 2 N–H and O–H groups in total. The highest BCUT2D eigenvalue weighted by molar-refractivity contribution is 5.25. The molecule has 20 heavy (non-hydrogen) atoms. The van der Waals surface area contributed by atoms with Gasteiger partial charge in [-0.15, -0.1) is 0 Å². The van der Waals surface area contributed by atoms with Crippen molar-refractivity contribution in [2.75, 3.05) is 39.3 Å². The van der Waals surface area contributed by atoms with E-state index in [1.165, 1.54) is 44.6 Å².